The number of pyridine rings is 1. The standard InChI is InChI=1S/C21H27N3O2/c1-14-6-5-7-15(2)19(14)23-21(25)20-16(3)8-9-18(22-20)24-12-10-17(26-4)11-13-24/h5-9,17H,10-13H2,1-4H3,(H,23,25). The third kappa shape index (κ3) is 3.88. The van der Waals surface area contributed by atoms with E-state index in [1.165, 1.54) is 0 Å². The Morgan fingerprint density at radius 2 is 1.73 bits per heavy atom. The van der Waals surface area contributed by atoms with Gasteiger partial charge in [-0.3, -0.25) is 4.79 Å². The van der Waals surface area contributed by atoms with Crippen LogP contribution in [0.5, 0.6) is 0 Å². The summed E-state index contributed by atoms with van der Waals surface area (Å²) < 4.78 is 5.43. The first kappa shape index (κ1) is 18.4. The highest BCUT2D eigenvalue weighted by Gasteiger charge is 2.21. The number of aryl methyl sites for hydroxylation is 3. The van der Waals surface area contributed by atoms with Crippen molar-refractivity contribution >= 4 is 17.4 Å². The monoisotopic (exact) mass is 353 g/mol. The van der Waals surface area contributed by atoms with E-state index in [1.54, 1.807) is 7.11 Å². The largest absolute Gasteiger partial charge is 0.381 e. The fourth-order valence-electron chi connectivity index (χ4n) is 3.43. The van der Waals surface area contributed by atoms with E-state index in [0.717, 1.165) is 54.1 Å². The molecule has 5 nitrogen and oxygen atoms in total. The maximum absolute atomic E-state index is 12.9. The van der Waals surface area contributed by atoms with Crippen LogP contribution < -0.4 is 10.2 Å². The van der Waals surface area contributed by atoms with E-state index >= 15 is 0 Å². The number of benzene rings is 1. The molecule has 1 fully saturated rings. The van der Waals surface area contributed by atoms with Crippen molar-refractivity contribution in [2.45, 2.75) is 39.7 Å². The van der Waals surface area contributed by atoms with Crippen LogP contribution in [-0.2, 0) is 4.74 Å². The number of ether oxygens (including phenoxy) is 1. The summed E-state index contributed by atoms with van der Waals surface area (Å²) in [6.07, 6.45) is 2.29. The molecule has 0 radical (unpaired) electrons. The van der Waals surface area contributed by atoms with Crippen LogP contribution in [0, 0.1) is 20.8 Å². The molecular weight excluding hydrogens is 326 g/mol. The van der Waals surface area contributed by atoms with E-state index in [9.17, 15) is 4.79 Å². The predicted octanol–water partition coefficient (Wildman–Crippen LogP) is 3.87. The van der Waals surface area contributed by atoms with Gasteiger partial charge in [-0.15, -0.1) is 0 Å². The van der Waals surface area contributed by atoms with Crippen molar-refractivity contribution in [3.63, 3.8) is 0 Å². The summed E-state index contributed by atoms with van der Waals surface area (Å²) in [6.45, 7) is 7.71. The number of carbonyl (C=O) groups excluding carboxylic acids is 1. The number of hydrogen-bond donors (Lipinski definition) is 1. The van der Waals surface area contributed by atoms with E-state index in [0.29, 0.717) is 11.8 Å². The number of amides is 1. The summed E-state index contributed by atoms with van der Waals surface area (Å²) in [5.74, 6) is 0.699. The van der Waals surface area contributed by atoms with Gasteiger partial charge in [0.05, 0.1) is 6.10 Å². The second-order valence-corrected chi connectivity index (χ2v) is 6.98. The predicted molar refractivity (Wildman–Crippen MR) is 105 cm³/mol. The van der Waals surface area contributed by atoms with Gasteiger partial charge >= 0.3 is 0 Å². The summed E-state index contributed by atoms with van der Waals surface area (Å²) in [5, 5.41) is 3.04. The number of piperidine rings is 1. The Balaban J connectivity index is 1.80. The van der Waals surface area contributed by atoms with Gasteiger partial charge in [-0.25, -0.2) is 4.98 Å². The lowest BCUT2D eigenvalue weighted by atomic mass is 10.1. The summed E-state index contributed by atoms with van der Waals surface area (Å²) >= 11 is 0. The second-order valence-electron chi connectivity index (χ2n) is 6.98. The van der Waals surface area contributed by atoms with Gasteiger partial charge in [0, 0.05) is 25.9 Å². The molecule has 138 valence electrons. The zero-order chi connectivity index (χ0) is 18.7. The molecule has 26 heavy (non-hydrogen) atoms. The second kappa shape index (κ2) is 7.87. The number of aromatic nitrogens is 1. The van der Waals surface area contributed by atoms with Crippen LogP contribution >= 0.6 is 0 Å². The van der Waals surface area contributed by atoms with Crippen LogP contribution in [-0.4, -0.2) is 37.2 Å². The number of rotatable bonds is 4. The molecule has 0 aliphatic carbocycles. The number of hydrogen-bond acceptors (Lipinski definition) is 4. The summed E-state index contributed by atoms with van der Waals surface area (Å²) in [7, 11) is 1.76. The van der Waals surface area contributed by atoms with Gasteiger partial charge in [0.15, 0.2) is 0 Å². The molecule has 2 heterocycles. The van der Waals surface area contributed by atoms with Crippen molar-refractivity contribution < 1.29 is 9.53 Å². The maximum atomic E-state index is 12.9. The molecule has 3 rings (SSSR count). The molecule has 1 aromatic heterocycles. The molecular formula is C21H27N3O2. The van der Waals surface area contributed by atoms with E-state index in [1.807, 2.05) is 51.1 Å². The quantitative estimate of drug-likeness (QED) is 0.906. The number of anilines is 2. The molecule has 0 bridgehead atoms. The van der Waals surface area contributed by atoms with Crippen LogP contribution in [0.2, 0.25) is 0 Å². The van der Waals surface area contributed by atoms with Gasteiger partial charge in [0.25, 0.3) is 5.91 Å². The van der Waals surface area contributed by atoms with Gasteiger partial charge < -0.3 is 15.0 Å². The zero-order valence-corrected chi connectivity index (χ0v) is 16.0. The summed E-state index contributed by atoms with van der Waals surface area (Å²) in [4.78, 5) is 19.8. The summed E-state index contributed by atoms with van der Waals surface area (Å²) in [5.41, 5.74) is 4.33. The number of nitrogens with zero attached hydrogens (tertiary/aromatic N) is 2. The topological polar surface area (TPSA) is 54.5 Å². The van der Waals surface area contributed by atoms with Crippen LogP contribution in [0.25, 0.3) is 0 Å². The fourth-order valence-corrected chi connectivity index (χ4v) is 3.43. The smallest absolute Gasteiger partial charge is 0.274 e. The lowest BCUT2D eigenvalue weighted by Gasteiger charge is -2.32. The van der Waals surface area contributed by atoms with Crippen LogP contribution in [0.15, 0.2) is 30.3 Å². The molecule has 1 aliphatic rings. The Hall–Kier alpha value is -2.40. The molecule has 1 aromatic carbocycles. The molecule has 0 spiro atoms. The SMILES string of the molecule is COC1CCN(c2ccc(C)c(C(=O)Nc3c(C)cccc3C)n2)CC1. The van der Waals surface area contributed by atoms with E-state index in [4.69, 9.17) is 4.74 Å². The highest BCUT2D eigenvalue weighted by atomic mass is 16.5. The molecule has 0 unspecified atom stereocenters. The molecule has 0 atom stereocenters. The third-order valence-electron chi connectivity index (χ3n) is 5.12. The lowest BCUT2D eigenvalue weighted by molar-refractivity contribution is 0.0817. The molecule has 1 aliphatic heterocycles. The third-order valence-corrected chi connectivity index (χ3v) is 5.12. The Morgan fingerprint density at radius 1 is 1.08 bits per heavy atom. The van der Waals surface area contributed by atoms with Gasteiger partial charge in [-0.2, -0.15) is 0 Å². The number of para-hydroxylation sites is 1. The van der Waals surface area contributed by atoms with Crippen molar-refractivity contribution in [3.05, 3.63) is 52.7 Å². The average molecular weight is 353 g/mol. The van der Waals surface area contributed by atoms with E-state index < -0.39 is 0 Å². The average Bonchev–Trinajstić information content (AvgIpc) is 2.65. The van der Waals surface area contributed by atoms with Gasteiger partial charge in [-0.1, -0.05) is 24.3 Å². The van der Waals surface area contributed by atoms with Gasteiger partial charge in [-0.05, 0) is 56.4 Å². The molecule has 1 amide bonds. The van der Waals surface area contributed by atoms with Crippen LogP contribution in [0.1, 0.15) is 40.0 Å². The summed E-state index contributed by atoms with van der Waals surface area (Å²) in [6, 6.07) is 9.97. The van der Waals surface area contributed by atoms with Crippen LogP contribution in [0.4, 0.5) is 11.5 Å². The molecule has 0 saturated carbocycles. The van der Waals surface area contributed by atoms with Crippen molar-refractivity contribution in [2.75, 3.05) is 30.4 Å². The van der Waals surface area contributed by atoms with Crippen LogP contribution in [0.3, 0.4) is 0 Å². The zero-order valence-electron chi connectivity index (χ0n) is 16.0. The highest BCUT2D eigenvalue weighted by Crippen LogP contribution is 2.23. The minimum atomic E-state index is -0.159. The van der Waals surface area contributed by atoms with E-state index in [2.05, 4.69) is 15.2 Å². The first-order valence-corrected chi connectivity index (χ1v) is 9.12. The highest BCUT2D eigenvalue weighted by molar-refractivity contribution is 6.04. The van der Waals surface area contributed by atoms with Gasteiger partial charge in [0.1, 0.15) is 11.5 Å². The number of carbonyl (C=O) groups is 1. The Bertz CT molecular complexity index is 776. The van der Waals surface area contributed by atoms with Crippen molar-refractivity contribution in [1.29, 1.82) is 0 Å². The van der Waals surface area contributed by atoms with Crippen molar-refractivity contribution in [1.82, 2.24) is 4.98 Å². The lowest BCUT2D eigenvalue weighted by Crippen LogP contribution is -2.37. The van der Waals surface area contributed by atoms with Gasteiger partial charge in [0.2, 0.25) is 0 Å². The molecule has 1 saturated heterocycles. The minimum Gasteiger partial charge on any atom is -0.381 e. The van der Waals surface area contributed by atoms with Crippen molar-refractivity contribution in [2.24, 2.45) is 0 Å². The fraction of sp³-hybridized carbons (Fsp3) is 0.429. The number of nitrogens with one attached hydrogen (secondary N) is 1. The molecule has 2 aromatic rings. The number of methoxy groups -OCH3 is 1. The Kier molecular flexibility index (Phi) is 5.57. The minimum absolute atomic E-state index is 0.159. The maximum Gasteiger partial charge on any atom is 0.274 e. The first-order valence-electron chi connectivity index (χ1n) is 9.12. The Labute approximate surface area is 155 Å². The molecule has 1 N–H and O–H groups in total. The van der Waals surface area contributed by atoms with Crippen molar-refractivity contribution in [3.8, 4) is 0 Å². The normalized spacial score (nSPS) is 15.2. The Morgan fingerprint density at radius 3 is 2.35 bits per heavy atom. The van der Waals surface area contributed by atoms with E-state index in [-0.39, 0.29) is 5.91 Å². The molecule has 5 heteroatoms. The first-order chi connectivity index (χ1) is 12.5.